The fourth-order valence-electron chi connectivity index (χ4n) is 3.07. The molecule has 1 aliphatic rings. The van der Waals surface area contributed by atoms with Crippen LogP contribution >= 0.6 is 22.9 Å². The van der Waals surface area contributed by atoms with Crippen molar-refractivity contribution >= 4 is 22.9 Å². The molecule has 4 heteroatoms. The van der Waals surface area contributed by atoms with Crippen molar-refractivity contribution in [3.05, 3.63) is 57.2 Å². The summed E-state index contributed by atoms with van der Waals surface area (Å²) in [6, 6.07) is 12.7. The Bertz CT molecular complexity index is 548. The minimum Gasteiger partial charge on any atom is -0.271 e. The second-order valence-electron chi connectivity index (χ2n) is 5.11. The number of hydrazine groups is 1. The van der Waals surface area contributed by atoms with Gasteiger partial charge in [0.25, 0.3) is 0 Å². The third kappa shape index (κ3) is 2.11. The number of nitrogens with two attached hydrogens (primary N) is 1. The molecule has 0 bridgehead atoms. The fraction of sp³-hybridized carbons (Fsp3) is 0.333. The van der Waals surface area contributed by atoms with Crippen molar-refractivity contribution in [1.82, 2.24) is 5.43 Å². The summed E-state index contributed by atoms with van der Waals surface area (Å²) in [4.78, 5) is 1.15. The predicted molar refractivity (Wildman–Crippen MR) is 81.4 cm³/mol. The highest BCUT2D eigenvalue weighted by atomic mass is 35.5. The van der Waals surface area contributed by atoms with Crippen molar-refractivity contribution < 1.29 is 0 Å². The predicted octanol–water partition coefficient (Wildman–Crippen LogP) is 4.03. The number of rotatable bonds is 4. The number of halogens is 1. The summed E-state index contributed by atoms with van der Waals surface area (Å²) in [5, 5.41) is 2.84. The van der Waals surface area contributed by atoms with Gasteiger partial charge in [-0.15, -0.1) is 11.3 Å². The topological polar surface area (TPSA) is 38.0 Å². The van der Waals surface area contributed by atoms with Crippen LogP contribution in [0.25, 0.3) is 0 Å². The van der Waals surface area contributed by atoms with Gasteiger partial charge in [-0.1, -0.05) is 48.4 Å². The molecule has 100 valence electrons. The van der Waals surface area contributed by atoms with Crippen molar-refractivity contribution in [3.8, 4) is 0 Å². The Labute approximate surface area is 122 Å². The molecule has 0 aliphatic heterocycles. The molecular formula is C15H17ClN2S. The van der Waals surface area contributed by atoms with Crippen molar-refractivity contribution in [3.63, 3.8) is 0 Å². The Morgan fingerprint density at radius 3 is 2.42 bits per heavy atom. The molecule has 1 fully saturated rings. The van der Waals surface area contributed by atoms with Gasteiger partial charge in [0.1, 0.15) is 0 Å². The second-order valence-corrected chi connectivity index (χ2v) is 6.46. The minimum atomic E-state index is 0.0878. The van der Waals surface area contributed by atoms with Crippen LogP contribution in [-0.2, 0) is 5.41 Å². The fourth-order valence-corrected chi connectivity index (χ4v) is 4.41. The quantitative estimate of drug-likeness (QED) is 0.659. The maximum absolute atomic E-state index is 6.30. The highest BCUT2D eigenvalue weighted by Crippen LogP contribution is 2.53. The van der Waals surface area contributed by atoms with Gasteiger partial charge < -0.3 is 0 Å². The zero-order valence-electron chi connectivity index (χ0n) is 10.6. The lowest BCUT2D eigenvalue weighted by Crippen LogP contribution is -2.48. The first kappa shape index (κ1) is 13.1. The smallest absolute Gasteiger partial charge is 0.0664 e. The SMILES string of the molecule is NNC(c1sccc1Cl)C1(c2ccccc2)CCC1. The first-order valence-corrected chi connectivity index (χ1v) is 7.78. The minimum absolute atomic E-state index is 0.0878. The molecule has 2 aromatic rings. The number of thiophene rings is 1. The molecule has 1 aliphatic carbocycles. The molecular weight excluding hydrogens is 276 g/mol. The van der Waals surface area contributed by atoms with E-state index in [4.69, 9.17) is 17.4 Å². The third-order valence-electron chi connectivity index (χ3n) is 4.22. The van der Waals surface area contributed by atoms with Crippen LogP contribution < -0.4 is 11.3 Å². The van der Waals surface area contributed by atoms with Gasteiger partial charge >= 0.3 is 0 Å². The van der Waals surface area contributed by atoms with Crippen LogP contribution in [0.4, 0.5) is 0 Å². The van der Waals surface area contributed by atoms with Crippen LogP contribution in [0.5, 0.6) is 0 Å². The van der Waals surface area contributed by atoms with Crippen molar-refractivity contribution in [1.29, 1.82) is 0 Å². The van der Waals surface area contributed by atoms with E-state index < -0.39 is 0 Å². The summed E-state index contributed by atoms with van der Waals surface area (Å²) in [6.45, 7) is 0. The van der Waals surface area contributed by atoms with Crippen molar-refractivity contribution in [2.75, 3.05) is 0 Å². The van der Waals surface area contributed by atoms with E-state index in [1.807, 2.05) is 11.4 Å². The Hall–Kier alpha value is -0.870. The van der Waals surface area contributed by atoms with Gasteiger partial charge in [0.2, 0.25) is 0 Å². The van der Waals surface area contributed by atoms with Gasteiger partial charge in [0.05, 0.1) is 11.1 Å². The molecule has 2 nitrogen and oxygen atoms in total. The zero-order chi connectivity index (χ0) is 13.3. The summed E-state index contributed by atoms with van der Waals surface area (Å²) in [7, 11) is 0. The maximum atomic E-state index is 6.30. The Balaban J connectivity index is 2.04. The molecule has 3 rings (SSSR count). The molecule has 0 spiro atoms. The van der Waals surface area contributed by atoms with Crippen LogP contribution in [0.1, 0.15) is 35.7 Å². The average molecular weight is 293 g/mol. The first-order chi connectivity index (χ1) is 9.28. The Kier molecular flexibility index (Phi) is 3.63. The monoisotopic (exact) mass is 292 g/mol. The molecule has 19 heavy (non-hydrogen) atoms. The molecule has 1 unspecified atom stereocenters. The highest BCUT2D eigenvalue weighted by Gasteiger charge is 2.46. The Morgan fingerprint density at radius 1 is 1.21 bits per heavy atom. The molecule has 0 amide bonds. The van der Waals surface area contributed by atoms with E-state index in [0.717, 1.165) is 22.7 Å². The maximum Gasteiger partial charge on any atom is 0.0664 e. The Morgan fingerprint density at radius 2 is 1.95 bits per heavy atom. The van der Waals surface area contributed by atoms with Crippen LogP contribution in [-0.4, -0.2) is 0 Å². The third-order valence-corrected chi connectivity index (χ3v) is 5.64. The highest BCUT2D eigenvalue weighted by molar-refractivity contribution is 7.10. The van der Waals surface area contributed by atoms with Crippen LogP contribution in [0.2, 0.25) is 5.02 Å². The molecule has 1 heterocycles. The number of nitrogens with one attached hydrogen (secondary N) is 1. The molecule has 3 N–H and O–H groups in total. The first-order valence-electron chi connectivity index (χ1n) is 6.52. The molecule has 1 saturated carbocycles. The summed E-state index contributed by atoms with van der Waals surface area (Å²) >= 11 is 7.98. The van der Waals surface area contributed by atoms with Gasteiger partial charge in [0.15, 0.2) is 0 Å². The number of benzene rings is 1. The van der Waals surface area contributed by atoms with E-state index in [-0.39, 0.29) is 11.5 Å². The zero-order valence-corrected chi connectivity index (χ0v) is 12.2. The van der Waals surface area contributed by atoms with Gasteiger partial charge in [-0.3, -0.25) is 11.3 Å². The van der Waals surface area contributed by atoms with Crippen LogP contribution in [0.15, 0.2) is 41.8 Å². The van der Waals surface area contributed by atoms with Gasteiger partial charge in [-0.25, -0.2) is 0 Å². The van der Waals surface area contributed by atoms with Gasteiger partial charge in [-0.05, 0) is 29.9 Å². The van der Waals surface area contributed by atoms with E-state index >= 15 is 0 Å². The van der Waals surface area contributed by atoms with Crippen molar-refractivity contribution in [2.45, 2.75) is 30.7 Å². The summed E-state index contributed by atoms with van der Waals surface area (Å²) in [5.41, 5.74) is 4.46. The lowest BCUT2D eigenvalue weighted by molar-refractivity contribution is 0.172. The van der Waals surface area contributed by atoms with E-state index in [9.17, 15) is 0 Å². The standard InChI is InChI=1S/C15H17ClN2S/c16-12-7-10-19-13(12)14(18-17)15(8-4-9-15)11-5-2-1-3-6-11/h1-3,5-7,10,14,18H,4,8-9,17H2. The van der Waals surface area contributed by atoms with E-state index in [1.165, 1.54) is 12.0 Å². The van der Waals surface area contributed by atoms with Crippen LogP contribution in [0, 0.1) is 0 Å². The lowest BCUT2D eigenvalue weighted by Gasteiger charge is -2.48. The number of hydrogen-bond donors (Lipinski definition) is 2. The van der Waals surface area contributed by atoms with Gasteiger partial charge in [-0.2, -0.15) is 0 Å². The van der Waals surface area contributed by atoms with Gasteiger partial charge in [0, 0.05) is 10.3 Å². The second kappa shape index (κ2) is 5.25. The normalized spacial score (nSPS) is 18.8. The average Bonchev–Trinajstić information content (AvgIpc) is 2.81. The molecule has 1 atom stereocenters. The van der Waals surface area contributed by atoms with Crippen molar-refractivity contribution in [2.24, 2.45) is 5.84 Å². The summed E-state index contributed by atoms with van der Waals surface area (Å²) in [5.74, 6) is 5.86. The molecule has 1 aromatic heterocycles. The largest absolute Gasteiger partial charge is 0.271 e. The molecule has 0 radical (unpaired) electrons. The van der Waals surface area contributed by atoms with Crippen LogP contribution in [0.3, 0.4) is 0 Å². The molecule has 0 saturated heterocycles. The molecule has 1 aromatic carbocycles. The summed E-state index contributed by atoms with van der Waals surface area (Å²) < 4.78 is 0. The van der Waals surface area contributed by atoms with E-state index in [1.54, 1.807) is 11.3 Å². The lowest BCUT2D eigenvalue weighted by atomic mass is 9.60. The van der Waals surface area contributed by atoms with E-state index in [2.05, 4.69) is 35.8 Å². The number of hydrogen-bond acceptors (Lipinski definition) is 3. The summed E-state index contributed by atoms with van der Waals surface area (Å²) in [6.07, 6.45) is 3.55. The van der Waals surface area contributed by atoms with E-state index in [0.29, 0.717) is 0 Å².